The molecule has 0 heterocycles. The number of aliphatic hydroxyl groups excluding tert-OH is 1. The van der Waals surface area contributed by atoms with Gasteiger partial charge in [-0.1, -0.05) is 0 Å². The molecule has 8 nitrogen and oxygen atoms in total. The van der Waals surface area contributed by atoms with Crippen LogP contribution in [0.3, 0.4) is 0 Å². The summed E-state index contributed by atoms with van der Waals surface area (Å²) in [6.45, 7) is 0.467. The summed E-state index contributed by atoms with van der Waals surface area (Å²) in [5.74, 6) is 1.40. The molecule has 0 fully saturated rings. The second kappa shape index (κ2) is 5.27. The van der Waals surface area contributed by atoms with Crippen LogP contribution in [0.5, 0.6) is 0 Å². The maximum absolute atomic E-state index is 11.0. The van der Waals surface area contributed by atoms with Crippen molar-refractivity contribution in [1.29, 1.82) is 0 Å². The number of hydrogen-bond acceptors (Lipinski definition) is 7. The number of nitrogens with two attached hydrogens (primary N) is 2. The summed E-state index contributed by atoms with van der Waals surface area (Å²) in [6, 6.07) is 0. The highest BCUT2D eigenvalue weighted by atomic mass is 16.7. The normalized spacial score (nSPS) is 11.7. The van der Waals surface area contributed by atoms with Crippen molar-refractivity contribution in [3.05, 3.63) is 0 Å². The monoisotopic (exact) mass is 205 g/mol. The van der Waals surface area contributed by atoms with Crippen LogP contribution in [0.4, 0.5) is 0 Å². The molecule has 0 aromatic carbocycles. The Morgan fingerprint density at radius 3 is 2.29 bits per heavy atom. The second-order valence-electron chi connectivity index (χ2n) is 2.30. The minimum atomic E-state index is -2.06. The average Bonchev–Trinajstić information content (AvgIpc) is 2.15. The molecule has 0 radical (unpaired) electrons. The van der Waals surface area contributed by atoms with Gasteiger partial charge in [0.1, 0.15) is 0 Å². The maximum Gasteiger partial charge on any atom is 0.375 e. The summed E-state index contributed by atoms with van der Waals surface area (Å²) in [6.07, 6.45) is -2.06. The molecule has 2 amide bonds. The number of rotatable bonds is 3. The van der Waals surface area contributed by atoms with Crippen LogP contribution in [0.15, 0.2) is 0 Å². The summed E-state index contributed by atoms with van der Waals surface area (Å²) in [4.78, 5) is 36.4. The van der Waals surface area contributed by atoms with Gasteiger partial charge in [0.2, 0.25) is 18.0 Å². The van der Waals surface area contributed by atoms with Crippen LogP contribution in [0.25, 0.3) is 0 Å². The average molecular weight is 205 g/mol. The Morgan fingerprint density at radius 2 is 2.00 bits per heavy atom. The standard InChI is InChI=1S/C6H11N3O5/c1-3(10)9(4(11)2-7)5(12)6(13)14-8/h5,12H,2,7-8H2,1H3. The predicted molar refractivity (Wildman–Crippen MR) is 42.9 cm³/mol. The largest absolute Gasteiger partial charge is 0.375 e. The van der Waals surface area contributed by atoms with E-state index in [0.29, 0.717) is 0 Å². The predicted octanol–water partition coefficient (Wildman–Crippen LogP) is -2.94. The molecule has 8 heteroatoms. The Balaban J connectivity index is 4.74. The molecule has 0 aliphatic heterocycles. The number of hydrogen-bond donors (Lipinski definition) is 3. The number of nitrogens with zero attached hydrogens (tertiary/aromatic N) is 1. The minimum absolute atomic E-state index is 0.259. The molecule has 0 aliphatic carbocycles. The fraction of sp³-hybridized carbons (Fsp3) is 0.500. The summed E-state index contributed by atoms with van der Waals surface area (Å²) < 4.78 is 0. The lowest BCUT2D eigenvalue weighted by atomic mass is 10.4. The van der Waals surface area contributed by atoms with Gasteiger partial charge < -0.3 is 15.7 Å². The molecule has 0 rings (SSSR count). The van der Waals surface area contributed by atoms with E-state index in [1.54, 1.807) is 0 Å². The fourth-order valence-corrected chi connectivity index (χ4v) is 0.749. The molecule has 0 aromatic rings. The number of imide groups is 1. The molecule has 5 N–H and O–H groups in total. The Hall–Kier alpha value is -1.51. The van der Waals surface area contributed by atoms with E-state index in [0.717, 1.165) is 6.92 Å². The van der Waals surface area contributed by atoms with Crippen LogP contribution in [0.1, 0.15) is 6.92 Å². The highest BCUT2D eigenvalue weighted by Gasteiger charge is 2.31. The summed E-state index contributed by atoms with van der Waals surface area (Å²) in [5, 5.41) is 9.12. The van der Waals surface area contributed by atoms with Gasteiger partial charge in [-0.25, -0.2) is 9.69 Å². The van der Waals surface area contributed by atoms with E-state index >= 15 is 0 Å². The molecular formula is C6H11N3O5. The maximum atomic E-state index is 11.0. The Labute approximate surface area is 79.3 Å². The molecule has 0 bridgehead atoms. The van der Waals surface area contributed by atoms with Gasteiger partial charge in [0, 0.05) is 6.92 Å². The number of aliphatic hydroxyl groups is 1. The quantitative estimate of drug-likeness (QED) is 0.331. The SMILES string of the molecule is CC(=O)N(C(=O)CN)C(O)C(=O)ON. The molecule has 1 atom stereocenters. The van der Waals surface area contributed by atoms with E-state index in [-0.39, 0.29) is 4.90 Å². The third-order valence-corrected chi connectivity index (χ3v) is 1.35. The van der Waals surface area contributed by atoms with Crippen LogP contribution in [0, 0.1) is 0 Å². The van der Waals surface area contributed by atoms with E-state index in [4.69, 9.17) is 10.8 Å². The van der Waals surface area contributed by atoms with E-state index in [1.165, 1.54) is 0 Å². The van der Waals surface area contributed by atoms with Gasteiger partial charge >= 0.3 is 5.97 Å². The molecule has 0 aliphatic rings. The van der Waals surface area contributed by atoms with Crippen molar-refractivity contribution in [2.75, 3.05) is 6.54 Å². The van der Waals surface area contributed by atoms with Crippen molar-refractivity contribution in [2.24, 2.45) is 11.6 Å². The summed E-state index contributed by atoms with van der Waals surface area (Å²) in [5.41, 5.74) is 4.95. The van der Waals surface area contributed by atoms with E-state index in [9.17, 15) is 14.4 Å². The first kappa shape index (κ1) is 12.5. The lowest BCUT2D eigenvalue weighted by molar-refractivity contribution is -0.175. The van der Waals surface area contributed by atoms with Crippen molar-refractivity contribution in [3.8, 4) is 0 Å². The molecule has 0 saturated carbocycles. The topological polar surface area (TPSA) is 136 Å². The van der Waals surface area contributed by atoms with Crippen molar-refractivity contribution in [3.63, 3.8) is 0 Å². The van der Waals surface area contributed by atoms with Crippen LogP contribution in [0.2, 0.25) is 0 Å². The zero-order valence-electron chi connectivity index (χ0n) is 7.47. The first-order valence-corrected chi connectivity index (χ1v) is 3.57. The third-order valence-electron chi connectivity index (χ3n) is 1.35. The van der Waals surface area contributed by atoms with Crippen LogP contribution >= 0.6 is 0 Å². The lowest BCUT2D eigenvalue weighted by Gasteiger charge is -2.21. The van der Waals surface area contributed by atoms with Crippen molar-refractivity contribution < 1.29 is 24.3 Å². The van der Waals surface area contributed by atoms with Gasteiger partial charge in [-0.05, 0) is 0 Å². The van der Waals surface area contributed by atoms with Gasteiger partial charge in [-0.15, -0.1) is 0 Å². The van der Waals surface area contributed by atoms with Gasteiger partial charge in [-0.3, -0.25) is 9.59 Å². The Bertz CT molecular complexity index is 254. The molecule has 1 unspecified atom stereocenters. The Kier molecular flexibility index (Phi) is 4.70. The lowest BCUT2D eigenvalue weighted by Crippen LogP contribution is -2.50. The van der Waals surface area contributed by atoms with E-state index < -0.39 is 30.6 Å². The molecule has 0 saturated heterocycles. The Morgan fingerprint density at radius 1 is 1.50 bits per heavy atom. The number of carbonyl (C=O) groups excluding carboxylic acids is 3. The molecule has 80 valence electrons. The fourth-order valence-electron chi connectivity index (χ4n) is 0.749. The van der Waals surface area contributed by atoms with Crippen LogP contribution < -0.4 is 11.6 Å². The molecule has 0 aromatic heterocycles. The number of amides is 2. The van der Waals surface area contributed by atoms with Gasteiger partial charge in [-0.2, -0.15) is 5.90 Å². The van der Waals surface area contributed by atoms with Crippen LogP contribution in [-0.4, -0.2) is 40.6 Å². The molecule has 14 heavy (non-hydrogen) atoms. The molecule has 0 spiro atoms. The smallest absolute Gasteiger partial charge is 0.370 e. The van der Waals surface area contributed by atoms with Crippen molar-refractivity contribution >= 4 is 17.8 Å². The number of carbonyl (C=O) groups is 3. The van der Waals surface area contributed by atoms with E-state index in [1.807, 2.05) is 0 Å². The minimum Gasteiger partial charge on any atom is -0.370 e. The first-order chi connectivity index (χ1) is 6.45. The zero-order valence-corrected chi connectivity index (χ0v) is 7.47. The van der Waals surface area contributed by atoms with Crippen molar-refractivity contribution in [1.82, 2.24) is 4.90 Å². The second-order valence-corrected chi connectivity index (χ2v) is 2.30. The summed E-state index contributed by atoms with van der Waals surface area (Å²) >= 11 is 0. The van der Waals surface area contributed by atoms with Crippen LogP contribution in [-0.2, 0) is 19.2 Å². The third kappa shape index (κ3) is 2.76. The van der Waals surface area contributed by atoms with Crippen molar-refractivity contribution in [2.45, 2.75) is 13.2 Å². The zero-order chi connectivity index (χ0) is 11.3. The summed E-state index contributed by atoms with van der Waals surface area (Å²) in [7, 11) is 0. The first-order valence-electron chi connectivity index (χ1n) is 3.57. The highest BCUT2D eigenvalue weighted by molar-refractivity contribution is 5.98. The van der Waals surface area contributed by atoms with Gasteiger partial charge in [0.25, 0.3) is 0 Å². The van der Waals surface area contributed by atoms with Gasteiger partial charge in [0.05, 0.1) is 6.54 Å². The molecular weight excluding hydrogens is 194 g/mol. The van der Waals surface area contributed by atoms with Gasteiger partial charge in [0.15, 0.2) is 0 Å². The highest BCUT2D eigenvalue weighted by Crippen LogP contribution is 1.99. The van der Waals surface area contributed by atoms with E-state index in [2.05, 4.69) is 10.7 Å².